The lowest BCUT2D eigenvalue weighted by atomic mass is 10.1. The minimum absolute atomic E-state index is 0.170. The van der Waals surface area contributed by atoms with Crippen LogP contribution in [0.15, 0.2) is 66.7 Å². The van der Waals surface area contributed by atoms with Gasteiger partial charge in [0.25, 0.3) is 11.8 Å². The molecule has 1 aliphatic heterocycles. The lowest BCUT2D eigenvalue weighted by Gasteiger charge is -2.26. The molecule has 0 unspecified atom stereocenters. The molecule has 0 spiro atoms. The van der Waals surface area contributed by atoms with E-state index >= 15 is 0 Å². The molecule has 7 nitrogen and oxygen atoms in total. The maximum absolute atomic E-state index is 13.6. The van der Waals surface area contributed by atoms with Crippen molar-refractivity contribution in [1.29, 1.82) is 0 Å². The highest BCUT2D eigenvalue weighted by molar-refractivity contribution is 6.02. The van der Waals surface area contributed by atoms with Crippen molar-refractivity contribution < 1.29 is 23.2 Å². The summed E-state index contributed by atoms with van der Waals surface area (Å²) < 4.78 is 26.9. The lowest BCUT2D eigenvalue weighted by molar-refractivity contribution is -0.115. The van der Waals surface area contributed by atoms with E-state index in [1.807, 2.05) is 4.90 Å². The average molecular weight is 521 g/mol. The molecule has 1 aliphatic rings. The molecule has 0 saturated carbocycles. The van der Waals surface area contributed by atoms with Crippen LogP contribution in [0.5, 0.6) is 0 Å². The maximum Gasteiger partial charge on any atom is 0.254 e. The van der Waals surface area contributed by atoms with Crippen molar-refractivity contribution in [3.8, 4) is 0 Å². The van der Waals surface area contributed by atoms with Gasteiger partial charge in [-0.2, -0.15) is 0 Å². The zero-order valence-corrected chi connectivity index (χ0v) is 21.2. The normalized spacial score (nSPS) is 13.6. The minimum atomic E-state index is -0.459. The summed E-state index contributed by atoms with van der Waals surface area (Å²) in [5, 5.41) is 5.67. The zero-order chi connectivity index (χ0) is 27.1. The summed E-state index contributed by atoms with van der Waals surface area (Å²) in [6.45, 7) is 3.93. The third-order valence-corrected chi connectivity index (χ3v) is 6.41. The predicted molar refractivity (Wildman–Crippen MR) is 142 cm³/mol. The molecular formula is C29H30F2N4O3. The van der Waals surface area contributed by atoms with Crippen molar-refractivity contribution in [3.63, 3.8) is 0 Å². The van der Waals surface area contributed by atoms with E-state index in [4.69, 9.17) is 0 Å². The molecule has 3 aromatic carbocycles. The Morgan fingerprint density at radius 3 is 2.39 bits per heavy atom. The van der Waals surface area contributed by atoms with Crippen LogP contribution in [-0.4, -0.2) is 48.8 Å². The monoisotopic (exact) mass is 520 g/mol. The van der Waals surface area contributed by atoms with E-state index < -0.39 is 5.82 Å². The van der Waals surface area contributed by atoms with Crippen LogP contribution in [0.3, 0.4) is 0 Å². The molecule has 9 heteroatoms. The fourth-order valence-corrected chi connectivity index (χ4v) is 4.37. The van der Waals surface area contributed by atoms with Crippen LogP contribution in [0, 0.1) is 11.6 Å². The number of benzene rings is 3. The van der Waals surface area contributed by atoms with E-state index in [-0.39, 0.29) is 30.1 Å². The highest BCUT2D eigenvalue weighted by Gasteiger charge is 2.24. The molecule has 4 rings (SSSR count). The highest BCUT2D eigenvalue weighted by Crippen LogP contribution is 2.26. The molecular weight excluding hydrogens is 490 g/mol. The summed E-state index contributed by atoms with van der Waals surface area (Å²) in [7, 11) is 0. The second kappa shape index (κ2) is 12.3. The van der Waals surface area contributed by atoms with E-state index in [1.165, 1.54) is 30.3 Å². The van der Waals surface area contributed by atoms with Gasteiger partial charge in [-0.1, -0.05) is 25.1 Å². The summed E-state index contributed by atoms with van der Waals surface area (Å²) in [4.78, 5) is 41.9. The number of amides is 3. The third kappa shape index (κ3) is 6.73. The number of carbonyl (C=O) groups is 3. The summed E-state index contributed by atoms with van der Waals surface area (Å²) in [6.07, 6.45) is 0.959. The Morgan fingerprint density at radius 1 is 0.868 bits per heavy atom. The van der Waals surface area contributed by atoms with E-state index in [1.54, 1.807) is 48.2 Å². The van der Waals surface area contributed by atoms with Crippen LogP contribution in [0.4, 0.5) is 20.2 Å². The Kier molecular flexibility index (Phi) is 8.68. The van der Waals surface area contributed by atoms with Gasteiger partial charge in [0.15, 0.2) is 0 Å². The predicted octanol–water partition coefficient (Wildman–Crippen LogP) is 4.60. The number of nitrogens with zero attached hydrogens (tertiary/aromatic N) is 2. The highest BCUT2D eigenvalue weighted by atomic mass is 19.1. The summed E-state index contributed by atoms with van der Waals surface area (Å²) in [6, 6.07) is 16.7. The molecule has 3 amide bonds. The van der Waals surface area contributed by atoms with Gasteiger partial charge in [-0.15, -0.1) is 0 Å². The van der Waals surface area contributed by atoms with Gasteiger partial charge in [0.2, 0.25) is 5.91 Å². The topological polar surface area (TPSA) is 81.8 Å². The summed E-state index contributed by atoms with van der Waals surface area (Å²) >= 11 is 0. The van der Waals surface area contributed by atoms with Crippen molar-refractivity contribution in [3.05, 3.63) is 95.1 Å². The largest absolute Gasteiger partial charge is 0.369 e. The Morgan fingerprint density at radius 2 is 1.66 bits per heavy atom. The maximum atomic E-state index is 13.6. The SMILES string of the molecule is CCC(=O)Nc1ccc(N2CCCN(C(=O)c3cccc(F)c3)CC2)c(C(=O)NCc2ccc(F)cc2)c1. The van der Waals surface area contributed by atoms with Crippen LogP contribution >= 0.6 is 0 Å². The number of carbonyl (C=O) groups excluding carboxylic acids is 3. The Labute approximate surface area is 220 Å². The van der Waals surface area contributed by atoms with Crippen molar-refractivity contribution in [2.75, 3.05) is 36.4 Å². The number of hydrogen-bond acceptors (Lipinski definition) is 4. The zero-order valence-electron chi connectivity index (χ0n) is 21.2. The van der Waals surface area contributed by atoms with Crippen LogP contribution in [0.25, 0.3) is 0 Å². The first-order valence-corrected chi connectivity index (χ1v) is 12.6. The fourth-order valence-electron chi connectivity index (χ4n) is 4.37. The van der Waals surface area contributed by atoms with Crippen LogP contribution < -0.4 is 15.5 Å². The number of nitrogens with one attached hydrogen (secondary N) is 2. The number of hydrogen-bond donors (Lipinski definition) is 2. The van der Waals surface area contributed by atoms with E-state index in [9.17, 15) is 23.2 Å². The molecule has 1 saturated heterocycles. The van der Waals surface area contributed by atoms with E-state index in [0.717, 1.165) is 5.56 Å². The fraction of sp³-hybridized carbons (Fsp3) is 0.276. The van der Waals surface area contributed by atoms with Crippen molar-refractivity contribution >= 4 is 29.1 Å². The van der Waals surface area contributed by atoms with Gasteiger partial charge >= 0.3 is 0 Å². The number of halogens is 2. The minimum Gasteiger partial charge on any atom is -0.369 e. The first-order valence-electron chi connectivity index (χ1n) is 12.6. The molecule has 0 bridgehead atoms. The molecule has 1 fully saturated rings. The summed E-state index contributed by atoms with van der Waals surface area (Å²) in [5.74, 6) is -1.56. The second-order valence-corrected chi connectivity index (χ2v) is 9.09. The number of anilines is 2. The van der Waals surface area contributed by atoms with Gasteiger partial charge in [-0.25, -0.2) is 8.78 Å². The van der Waals surface area contributed by atoms with Crippen molar-refractivity contribution in [2.45, 2.75) is 26.3 Å². The standard InChI is InChI=1S/C29H30F2N4O3/c1-2-27(36)33-24-11-12-26(25(18-24)28(37)32-19-20-7-9-22(30)10-8-20)34-13-4-14-35(16-15-34)29(38)21-5-3-6-23(31)17-21/h3,5-12,17-18H,2,4,13-16,19H2,1H3,(H,32,37)(H,33,36). The first-order chi connectivity index (χ1) is 18.3. The van der Waals surface area contributed by atoms with Crippen LogP contribution in [0.2, 0.25) is 0 Å². The molecule has 0 radical (unpaired) electrons. The molecule has 3 aromatic rings. The quantitative estimate of drug-likeness (QED) is 0.477. The van der Waals surface area contributed by atoms with Crippen LogP contribution in [-0.2, 0) is 11.3 Å². The smallest absolute Gasteiger partial charge is 0.254 e. The molecule has 198 valence electrons. The van der Waals surface area contributed by atoms with Crippen molar-refractivity contribution in [1.82, 2.24) is 10.2 Å². The molecule has 38 heavy (non-hydrogen) atoms. The molecule has 0 atom stereocenters. The first kappa shape index (κ1) is 26.8. The van der Waals surface area contributed by atoms with Gasteiger partial charge in [0, 0.05) is 56.1 Å². The Hall–Kier alpha value is -4.27. The second-order valence-electron chi connectivity index (χ2n) is 9.09. The Bertz CT molecular complexity index is 1310. The van der Waals surface area contributed by atoms with Crippen LogP contribution in [0.1, 0.15) is 46.0 Å². The van der Waals surface area contributed by atoms with Gasteiger partial charge in [0.1, 0.15) is 11.6 Å². The summed E-state index contributed by atoms with van der Waals surface area (Å²) in [5.41, 5.74) is 2.61. The number of rotatable bonds is 7. The third-order valence-electron chi connectivity index (χ3n) is 6.41. The Balaban J connectivity index is 1.53. The van der Waals surface area contributed by atoms with Gasteiger partial charge in [-0.05, 0) is 60.5 Å². The average Bonchev–Trinajstić information content (AvgIpc) is 3.18. The van der Waals surface area contributed by atoms with E-state index in [0.29, 0.717) is 61.5 Å². The van der Waals surface area contributed by atoms with Gasteiger partial charge < -0.3 is 20.4 Å². The molecule has 1 heterocycles. The molecule has 0 aromatic heterocycles. The van der Waals surface area contributed by atoms with Gasteiger partial charge in [-0.3, -0.25) is 14.4 Å². The van der Waals surface area contributed by atoms with Crippen molar-refractivity contribution in [2.24, 2.45) is 0 Å². The molecule has 0 aliphatic carbocycles. The van der Waals surface area contributed by atoms with Gasteiger partial charge in [0.05, 0.1) is 5.56 Å². The lowest BCUT2D eigenvalue weighted by Crippen LogP contribution is -2.36. The molecule has 2 N–H and O–H groups in total. The van der Waals surface area contributed by atoms with E-state index in [2.05, 4.69) is 10.6 Å².